The van der Waals surface area contributed by atoms with Crippen LogP contribution in [0, 0.1) is 0 Å². The van der Waals surface area contributed by atoms with Crippen LogP contribution in [0.1, 0.15) is 12.6 Å². The van der Waals surface area contributed by atoms with E-state index in [0.717, 1.165) is 5.69 Å². The molecule has 0 spiro atoms. The third-order valence-corrected chi connectivity index (χ3v) is 1.58. The fraction of sp³-hybridized carbons (Fsp3) is 0.375. The second-order valence-electron chi connectivity index (χ2n) is 2.07. The summed E-state index contributed by atoms with van der Waals surface area (Å²) in [4.78, 5) is 5.26. The van der Waals surface area contributed by atoms with Crippen LogP contribution in [0.4, 0.5) is 0 Å². The molecule has 0 aliphatic rings. The van der Waals surface area contributed by atoms with E-state index in [4.69, 9.17) is 16.4 Å². The molecular formula is C8H11ClNO+. The number of hydrogen-bond acceptors (Lipinski definition) is 1. The molecule has 0 aliphatic carbocycles. The Morgan fingerprint density at radius 3 is 3.00 bits per heavy atom. The third kappa shape index (κ3) is 2.09. The zero-order valence-electron chi connectivity index (χ0n) is 6.46. The van der Waals surface area contributed by atoms with E-state index in [9.17, 15) is 0 Å². The first-order valence-corrected chi connectivity index (χ1v) is 4.10. The maximum absolute atomic E-state index is 5.67. The van der Waals surface area contributed by atoms with Crippen LogP contribution in [0.2, 0.25) is 0 Å². The molecule has 1 aromatic heterocycles. The van der Waals surface area contributed by atoms with Gasteiger partial charge >= 0.3 is 0 Å². The van der Waals surface area contributed by atoms with Crippen molar-refractivity contribution in [2.24, 2.45) is 0 Å². The minimum atomic E-state index is 0.473. The zero-order valence-corrected chi connectivity index (χ0v) is 7.21. The highest BCUT2D eigenvalue weighted by molar-refractivity contribution is 6.16. The molecule has 1 heterocycles. The van der Waals surface area contributed by atoms with Gasteiger partial charge in [-0.1, -0.05) is 0 Å². The van der Waals surface area contributed by atoms with Gasteiger partial charge in [-0.25, -0.2) is 0 Å². The van der Waals surface area contributed by atoms with Crippen LogP contribution in [0.3, 0.4) is 0 Å². The molecular weight excluding hydrogens is 162 g/mol. The smallest absolute Gasteiger partial charge is 0.248 e. The first-order chi connectivity index (χ1) is 5.38. The number of alkyl halides is 1. The van der Waals surface area contributed by atoms with Crippen molar-refractivity contribution in [3.63, 3.8) is 0 Å². The normalized spacial score (nSPS) is 9.64. The Kier molecular flexibility index (Phi) is 3.17. The van der Waals surface area contributed by atoms with Gasteiger partial charge in [0.05, 0.1) is 0 Å². The summed E-state index contributed by atoms with van der Waals surface area (Å²) in [6, 6.07) is 5.78. The molecule has 0 N–H and O–H groups in total. The van der Waals surface area contributed by atoms with E-state index in [1.807, 2.05) is 31.3 Å². The summed E-state index contributed by atoms with van der Waals surface area (Å²) < 4.78 is 1.69. The van der Waals surface area contributed by atoms with E-state index >= 15 is 0 Å². The first-order valence-electron chi connectivity index (χ1n) is 3.57. The highest BCUT2D eigenvalue weighted by Crippen LogP contribution is 1.94. The molecule has 0 amide bonds. The van der Waals surface area contributed by atoms with Gasteiger partial charge in [-0.05, 0) is 13.0 Å². The molecule has 0 radical (unpaired) electrons. The van der Waals surface area contributed by atoms with Gasteiger partial charge < -0.3 is 0 Å². The van der Waals surface area contributed by atoms with Gasteiger partial charge in [0.1, 0.15) is 5.88 Å². The summed E-state index contributed by atoms with van der Waals surface area (Å²) >= 11 is 5.67. The molecule has 1 aromatic rings. The van der Waals surface area contributed by atoms with Gasteiger partial charge in [0.15, 0.2) is 6.61 Å². The van der Waals surface area contributed by atoms with Gasteiger partial charge in [0.2, 0.25) is 11.9 Å². The van der Waals surface area contributed by atoms with E-state index in [-0.39, 0.29) is 0 Å². The number of hydrogen-bond donors (Lipinski definition) is 0. The van der Waals surface area contributed by atoms with Gasteiger partial charge in [0.25, 0.3) is 0 Å². The molecule has 1 rings (SSSR count). The highest BCUT2D eigenvalue weighted by Gasteiger charge is 2.07. The standard InChI is InChI=1S/C8H11ClNO/c1-2-11-10-6-4-3-5-8(10)7-9/h3-6H,2,7H2,1H3/q+1. The number of rotatable bonds is 3. The highest BCUT2D eigenvalue weighted by atomic mass is 35.5. The Bertz CT molecular complexity index is 227. The summed E-state index contributed by atoms with van der Waals surface area (Å²) in [6.07, 6.45) is 1.85. The van der Waals surface area contributed by atoms with Gasteiger partial charge in [-0.3, -0.25) is 4.84 Å². The maximum Gasteiger partial charge on any atom is 0.248 e. The molecule has 0 saturated carbocycles. The summed E-state index contributed by atoms with van der Waals surface area (Å²) in [6.45, 7) is 2.59. The second-order valence-corrected chi connectivity index (χ2v) is 2.34. The van der Waals surface area contributed by atoms with Crippen molar-refractivity contribution in [3.05, 3.63) is 30.1 Å². The fourth-order valence-electron chi connectivity index (χ4n) is 0.832. The Morgan fingerprint density at radius 2 is 2.36 bits per heavy atom. The fourth-order valence-corrected chi connectivity index (χ4v) is 1.04. The average molecular weight is 173 g/mol. The first kappa shape index (κ1) is 8.34. The monoisotopic (exact) mass is 172 g/mol. The lowest BCUT2D eigenvalue weighted by Gasteiger charge is -1.96. The van der Waals surface area contributed by atoms with Crippen molar-refractivity contribution >= 4 is 11.6 Å². The molecule has 0 fully saturated rings. The van der Waals surface area contributed by atoms with E-state index in [1.54, 1.807) is 4.73 Å². The van der Waals surface area contributed by atoms with E-state index in [2.05, 4.69) is 0 Å². The molecule has 0 atom stereocenters. The topological polar surface area (TPSA) is 13.1 Å². The minimum absolute atomic E-state index is 0.473. The molecule has 0 saturated heterocycles. The van der Waals surface area contributed by atoms with Crippen LogP contribution >= 0.6 is 11.6 Å². The molecule has 0 aromatic carbocycles. The lowest BCUT2D eigenvalue weighted by atomic mass is 10.4. The quantitative estimate of drug-likeness (QED) is 0.493. The molecule has 60 valence electrons. The Morgan fingerprint density at radius 1 is 1.55 bits per heavy atom. The molecule has 11 heavy (non-hydrogen) atoms. The Hall–Kier alpha value is -0.760. The lowest BCUT2D eigenvalue weighted by molar-refractivity contribution is -0.895. The van der Waals surface area contributed by atoms with Crippen molar-refractivity contribution in [1.82, 2.24) is 0 Å². The van der Waals surface area contributed by atoms with Gasteiger partial charge in [0, 0.05) is 16.9 Å². The van der Waals surface area contributed by atoms with Crippen molar-refractivity contribution in [2.75, 3.05) is 6.61 Å². The number of pyridine rings is 1. The van der Waals surface area contributed by atoms with Gasteiger partial charge in [-0.2, -0.15) is 0 Å². The molecule has 0 bridgehead atoms. The zero-order chi connectivity index (χ0) is 8.10. The molecule has 0 aliphatic heterocycles. The van der Waals surface area contributed by atoms with Crippen molar-refractivity contribution < 1.29 is 9.57 Å². The predicted octanol–water partition coefficient (Wildman–Crippen LogP) is 1.16. The van der Waals surface area contributed by atoms with E-state index < -0.39 is 0 Å². The number of halogens is 1. The van der Waals surface area contributed by atoms with Crippen LogP contribution in [-0.2, 0) is 5.88 Å². The van der Waals surface area contributed by atoms with E-state index in [0.29, 0.717) is 12.5 Å². The largest absolute Gasteiger partial charge is 0.271 e. The van der Waals surface area contributed by atoms with Crippen LogP contribution in [-0.4, -0.2) is 6.61 Å². The molecule has 2 nitrogen and oxygen atoms in total. The second kappa shape index (κ2) is 4.19. The van der Waals surface area contributed by atoms with Crippen molar-refractivity contribution in [2.45, 2.75) is 12.8 Å². The third-order valence-electron chi connectivity index (χ3n) is 1.31. The predicted molar refractivity (Wildman–Crippen MR) is 43.3 cm³/mol. The maximum atomic E-state index is 5.67. The van der Waals surface area contributed by atoms with Crippen molar-refractivity contribution in [3.8, 4) is 0 Å². The van der Waals surface area contributed by atoms with Crippen molar-refractivity contribution in [1.29, 1.82) is 0 Å². The summed E-state index contributed by atoms with van der Waals surface area (Å²) in [7, 11) is 0. The van der Waals surface area contributed by atoms with Crippen LogP contribution < -0.4 is 9.57 Å². The SMILES string of the molecule is CCO[n+]1ccccc1CCl. The molecule has 0 unspecified atom stereocenters. The average Bonchev–Trinajstić information content (AvgIpc) is 2.06. The summed E-state index contributed by atoms with van der Waals surface area (Å²) in [5, 5.41) is 0. The Labute approximate surface area is 71.3 Å². The Balaban J connectivity index is 2.83. The van der Waals surface area contributed by atoms with Crippen LogP contribution in [0.25, 0.3) is 0 Å². The number of aromatic nitrogens is 1. The number of nitrogens with zero attached hydrogens (tertiary/aromatic N) is 1. The van der Waals surface area contributed by atoms with Gasteiger partial charge in [-0.15, -0.1) is 11.6 Å². The summed E-state index contributed by atoms with van der Waals surface area (Å²) in [5.41, 5.74) is 0.969. The molecule has 3 heteroatoms. The van der Waals surface area contributed by atoms with E-state index in [1.165, 1.54) is 0 Å². The lowest BCUT2D eigenvalue weighted by Crippen LogP contribution is -2.45. The van der Waals surface area contributed by atoms with Crippen LogP contribution in [0.5, 0.6) is 0 Å². The van der Waals surface area contributed by atoms with Crippen LogP contribution in [0.15, 0.2) is 24.4 Å². The minimum Gasteiger partial charge on any atom is -0.271 e. The summed E-state index contributed by atoms with van der Waals surface area (Å²) in [5.74, 6) is 0.473.